The average molecular weight is 243 g/mol. The molecule has 1 aromatic rings. The Morgan fingerprint density at radius 2 is 2.25 bits per heavy atom. The summed E-state index contributed by atoms with van der Waals surface area (Å²) in [6.07, 6.45) is 2.04. The van der Waals surface area contributed by atoms with E-state index in [1.54, 1.807) is 31.0 Å². The Morgan fingerprint density at radius 3 is 2.81 bits per heavy atom. The van der Waals surface area contributed by atoms with Crippen LogP contribution in [-0.2, 0) is 0 Å². The van der Waals surface area contributed by atoms with Crippen LogP contribution < -0.4 is 10.1 Å². The lowest BCUT2D eigenvalue weighted by Gasteiger charge is -2.19. The zero-order valence-electron chi connectivity index (χ0n) is 9.92. The first-order valence-corrected chi connectivity index (χ1v) is 6.68. The van der Waals surface area contributed by atoms with Crippen LogP contribution in [0.5, 0.6) is 5.75 Å². The van der Waals surface area contributed by atoms with Crippen molar-refractivity contribution in [2.75, 3.05) is 25.7 Å². The molecule has 0 heterocycles. The Morgan fingerprint density at radius 1 is 1.50 bits per heavy atom. The van der Waals surface area contributed by atoms with Crippen molar-refractivity contribution in [1.82, 2.24) is 5.32 Å². The first kappa shape index (κ1) is 13.3. The largest absolute Gasteiger partial charge is 0.496 e. The van der Waals surface area contributed by atoms with Gasteiger partial charge in [0.1, 0.15) is 11.6 Å². The highest BCUT2D eigenvalue weighted by atomic mass is 32.2. The van der Waals surface area contributed by atoms with Gasteiger partial charge in [-0.3, -0.25) is 0 Å². The van der Waals surface area contributed by atoms with Crippen molar-refractivity contribution in [3.63, 3.8) is 0 Å². The van der Waals surface area contributed by atoms with Crippen LogP contribution in [0.25, 0.3) is 0 Å². The second-order valence-corrected chi connectivity index (χ2v) is 4.36. The van der Waals surface area contributed by atoms with Gasteiger partial charge in [-0.1, -0.05) is 6.92 Å². The number of halogens is 1. The summed E-state index contributed by atoms with van der Waals surface area (Å²) in [6.45, 7) is 2.89. The predicted octanol–water partition coefficient (Wildman–Crippen LogP) is 2.85. The first-order valence-electron chi connectivity index (χ1n) is 5.28. The molecule has 16 heavy (non-hydrogen) atoms. The maximum Gasteiger partial charge on any atom is 0.123 e. The molecule has 2 nitrogen and oxygen atoms in total. The van der Waals surface area contributed by atoms with Gasteiger partial charge in [0.2, 0.25) is 0 Å². The molecule has 0 aliphatic heterocycles. The minimum atomic E-state index is -0.222. The van der Waals surface area contributed by atoms with Gasteiger partial charge >= 0.3 is 0 Å². The van der Waals surface area contributed by atoms with Gasteiger partial charge in [0.25, 0.3) is 0 Å². The lowest BCUT2D eigenvalue weighted by atomic mass is 10.1. The molecule has 0 amide bonds. The van der Waals surface area contributed by atoms with Crippen molar-refractivity contribution in [3.8, 4) is 5.75 Å². The van der Waals surface area contributed by atoms with E-state index in [0.29, 0.717) is 0 Å². The third kappa shape index (κ3) is 3.39. The minimum Gasteiger partial charge on any atom is -0.496 e. The number of nitrogens with one attached hydrogen (secondary N) is 1. The van der Waals surface area contributed by atoms with Crippen LogP contribution in [0.1, 0.15) is 18.5 Å². The zero-order valence-corrected chi connectivity index (χ0v) is 10.7. The Hall–Kier alpha value is -0.740. The van der Waals surface area contributed by atoms with Gasteiger partial charge in [0.15, 0.2) is 0 Å². The van der Waals surface area contributed by atoms with E-state index in [1.165, 1.54) is 6.07 Å². The Labute approximate surface area is 101 Å². The molecule has 0 fully saturated rings. The molecule has 0 bridgehead atoms. The average Bonchev–Trinajstić information content (AvgIpc) is 2.29. The van der Waals surface area contributed by atoms with Crippen LogP contribution in [0.2, 0.25) is 0 Å². The number of methoxy groups -OCH3 is 1. The Kier molecular flexibility index (Phi) is 5.63. The third-order valence-electron chi connectivity index (χ3n) is 2.35. The molecule has 0 saturated carbocycles. The fourth-order valence-electron chi connectivity index (χ4n) is 1.65. The summed E-state index contributed by atoms with van der Waals surface area (Å²) in [5, 5.41) is 3.33. The van der Waals surface area contributed by atoms with E-state index in [9.17, 15) is 4.39 Å². The maximum atomic E-state index is 13.2. The second-order valence-electron chi connectivity index (χ2n) is 3.45. The van der Waals surface area contributed by atoms with E-state index >= 15 is 0 Å². The quantitative estimate of drug-likeness (QED) is 0.830. The van der Waals surface area contributed by atoms with Crippen molar-refractivity contribution in [1.29, 1.82) is 0 Å². The summed E-state index contributed by atoms with van der Waals surface area (Å²) in [7, 11) is 1.61. The van der Waals surface area contributed by atoms with E-state index in [0.717, 1.165) is 23.6 Å². The smallest absolute Gasteiger partial charge is 0.123 e. The highest BCUT2D eigenvalue weighted by Crippen LogP contribution is 2.27. The van der Waals surface area contributed by atoms with Crippen molar-refractivity contribution in [2.45, 2.75) is 13.0 Å². The van der Waals surface area contributed by atoms with E-state index in [1.807, 2.05) is 13.2 Å². The van der Waals surface area contributed by atoms with Crippen molar-refractivity contribution in [2.24, 2.45) is 0 Å². The Bertz CT molecular complexity index is 327. The van der Waals surface area contributed by atoms with Gasteiger partial charge in [-0.25, -0.2) is 4.39 Å². The minimum absolute atomic E-state index is 0.130. The number of thioether (sulfide) groups is 1. The molecule has 0 aromatic heterocycles. The highest BCUT2D eigenvalue weighted by molar-refractivity contribution is 7.98. The molecule has 0 aliphatic carbocycles. The molecule has 1 aromatic carbocycles. The summed E-state index contributed by atoms with van der Waals surface area (Å²) in [6, 6.07) is 4.77. The molecule has 0 radical (unpaired) electrons. The van der Waals surface area contributed by atoms with Crippen LogP contribution >= 0.6 is 11.8 Å². The number of benzene rings is 1. The molecule has 1 N–H and O–H groups in total. The zero-order chi connectivity index (χ0) is 12.0. The fourth-order valence-corrected chi connectivity index (χ4v) is 2.28. The van der Waals surface area contributed by atoms with Crippen LogP contribution in [0.15, 0.2) is 18.2 Å². The fraction of sp³-hybridized carbons (Fsp3) is 0.500. The maximum absolute atomic E-state index is 13.2. The van der Waals surface area contributed by atoms with Crippen LogP contribution in [0.3, 0.4) is 0 Å². The van der Waals surface area contributed by atoms with E-state index in [2.05, 4.69) is 5.32 Å². The van der Waals surface area contributed by atoms with Gasteiger partial charge in [-0.05, 0) is 31.0 Å². The lowest BCUT2D eigenvalue weighted by molar-refractivity contribution is 0.401. The number of rotatable bonds is 6. The number of hydrogen-bond donors (Lipinski definition) is 1. The summed E-state index contributed by atoms with van der Waals surface area (Å²) in [5.41, 5.74) is 0.888. The summed E-state index contributed by atoms with van der Waals surface area (Å²) >= 11 is 1.73. The molecule has 90 valence electrons. The topological polar surface area (TPSA) is 21.3 Å². The molecular formula is C12H18FNOS. The highest BCUT2D eigenvalue weighted by Gasteiger charge is 2.15. The van der Waals surface area contributed by atoms with Gasteiger partial charge in [0.05, 0.1) is 7.11 Å². The van der Waals surface area contributed by atoms with Crippen molar-refractivity contribution >= 4 is 11.8 Å². The summed E-state index contributed by atoms with van der Waals surface area (Å²) in [4.78, 5) is 0. The monoisotopic (exact) mass is 243 g/mol. The molecule has 0 saturated heterocycles. The van der Waals surface area contributed by atoms with E-state index in [-0.39, 0.29) is 11.9 Å². The van der Waals surface area contributed by atoms with Gasteiger partial charge < -0.3 is 10.1 Å². The molecule has 1 rings (SSSR count). The lowest BCUT2D eigenvalue weighted by Crippen LogP contribution is -2.23. The SMILES string of the molecule is CCNC(CSC)c1cc(F)ccc1OC. The van der Waals surface area contributed by atoms with Crippen LogP contribution in [0.4, 0.5) is 4.39 Å². The first-order chi connectivity index (χ1) is 7.72. The molecular weight excluding hydrogens is 225 g/mol. The molecule has 4 heteroatoms. The van der Waals surface area contributed by atoms with Crippen LogP contribution in [0, 0.1) is 5.82 Å². The Balaban J connectivity index is 3.00. The van der Waals surface area contributed by atoms with E-state index < -0.39 is 0 Å². The standard InChI is InChI=1S/C12H18FNOS/c1-4-14-11(8-16-3)10-7-9(13)5-6-12(10)15-2/h5-7,11,14H,4,8H2,1-3H3. The molecule has 0 aliphatic rings. The number of ether oxygens (including phenoxy) is 1. The number of hydrogen-bond acceptors (Lipinski definition) is 3. The van der Waals surface area contributed by atoms with Gasteiger partial charge in [-0.2, -0.15) is 11.8 Å². The van der Waals surface area contributed by atoms with Gasteiger partial charge in [-0.15, -0.1) is 0 Å². The molecule has 1 unspecified atom stereocenters. The van der Waals surface area contributed by atoms with Crippen molar-refractivity contribution in [3.05, 3.63) is 29.6 Å². The second kappa shape index (κ2) is 6.76. The normalized spacial score (nSPS) is 12.5. The summed E-state index contributed by atoms with van der Waals surface area (Å²) < 4.78 is 18.5. The predicted molar refractivity (Wildman–Crippen MR) is 67.8 cm³/mol. The summed E-state index contributed by atoms with van der Waals surface area (Å²) in [5.74, 6) is 1.41. The van der Waals surface area contributed by atoms with E-state index in [4.69, 9.17) is 4.74 Å². The van der Waals surface area contributed by atoms with Gasteiger partial charge in [0, 0.05) is 17.4 Å². The third-order valence-corrected chi connectivity index (χ3v) is 3.02. The van der Waals surface area contributed by atoms with Crippen molar-refractivity contribution < 1.29 is 9.13 Å². The molecule has 1 atom stereocenters. The molecule has 0 spiro atoms. The van der Waals surface area contributed by atoms with Crippen LogP contribution in [-0.4, -0.2) is 25.7 Å².